The predicted molar refractivity (Wildman–Crippen MR) is 97.6 cm³/mol. The number of benzene rings is 1. The molecule has 1 atom stereocenters. The van der Waals surface area contributed by atoms with Gasteiger partial charge in [0.2, 0.25) is 0 Å². The Morgan fingerprint density at radius 2 is 1.62 bits per heavy atom. The van der Waals surface area contributed by atoms with E-state index in [-0.39, 0.29) is 11.6 Å². The summed E-state index contributed by atoms with van der Waals surface area (Å²) in [7, 11) is -1.07. The average molecular weight is 375 g/mol. The highest BCUT2D eigenvalue weighted by atomic mass is 31.1. The Hall–Kier alpha value is -2.63. The van der Waals surface area contributed by atoms with E-state index in [1.807, 2.05) is 0 Å². The molecule has 2 amide bonds. The number of pyridine rings is 1. The van der Waals surface area contributed by atoms with Crippen molar-refractivity contribution in [3.8, 4) is 5.75 Å². The van der Waals surface area contributed by atoms with Crippen LogP contribution >= 0.6 is 8.25 Å². The first-order chi connectivity index (χ1) is 12.5. The molecule has 0 N–H and O–H groups in total. The Morgan fingerprint density at radius 1 is 1.04 bits per heavy atom. The molecule has 26 heavy (non-hydrogen) atoms. The molecule has 1 aliphatic heterocycles. The number of unbranched alkanes of at least 4 members (excludes halogenated alkanes) is 1. The van der Waals surface area contributed by atoms with Gasteiger partial charge in [0.05, 0.1) is 18.2 Å². The summed E-state index contributed by atoms with van der Waals surface area (Å²) in [4.78, 5) is 29.6. The van der Waals surface area contributed by atoms with Crippen molar-refractivity contribution in [1.82, 2.24) is 4.98 Å². The second-order valence-electron chi connectivity index (χ2n) is 5.34. The molecule has 0 saturated carbocycles. The Balaban J connectivity index is 0.000000552. The molecule has 136 valence electrons. The van der Waals surface area contributed by atoms with Crippen molar-refractivity contribution in [1.29, 1.82) is 0 Å². The normalized spacial score (nSPS) is 13.0. The van der Waals surface area contributed by atoms with Gasteiger partial charge in [-0.2, -0.15) is 0 Å². The van der Waals surface area contributed by atoms with Crippen molar-refractivity contribution in [3.05, 3.63) is 53.7 Å². The van der Waals surface area contributed by atoms with Crippen LogP contribution in [0.3, 0.4) is 0 Å². The van der Waals surface area contributed by atoms with Crippen molar-refractivity contribution >= 4 is 25.9 Å². The molecule has 7 nitrogen and oxygen atoms in total. The molecule has 0 radical (unpaired) electrons. The van der Waals surface area contributed by atoms with Crippen LogP contribution in [0.5, 0.6) is 5.75 Å². The van der Waals surface area contributed by atoms with E-state index in [2.05, 4.69) is 23.4 Å². The molecule has 0 spiro atoms. The molecular weight excluding hydrogens is 355 g/mol. The van der Waals surface area contributed by atoms with Gasteiger partial charge in [0.15, 0.2) is 5.75 Å². The van der Waals surface area contributed by atoms with Crippen LogP contribution < -0.4 is 9.42 Å². The fourth-order valence-corrected chi connectivity index (χ4v) is 2.46. The number of hydrogen-bond donors (Lipinski definition) is 0. The molecule has 8 heteroatoms. The minimum atomic E-state index is -2.31. The van der Waals surface area contributed by atoms with Crippen LogP contribution in [0.1, 0.15) is 47.4 Å². The highest BCUT2D eigenvalue weighted by Gasteiger charge is 2.37. The third-order valence-electron chi connectivity index (χ3n) is 3.57. The zero-order valence-electron chi connectivity index (χ0n) is 14.8. The number of amides is 2. The third kappa shape index (κ3) is 4.31. The van der Waals surface area contributed by atoms with E-state index < -0.39 is 20.1 Å². The van der Waals surface area contributed by atoms with Crippen molar-refractivity contribution in [2.75, 3.05) is 12.0 Å². The summed E-state index contributed by atoms with van der Waals surface area (Å²) in [6.07, 6.45) is 3.99. The van der Waals surface area contributed by atoms with Crippen LogP contribution in [0.15, 0.2) is 42.6 Å². The topological polar surface area (TPSA) is 85.8 Å². The molecule has 1 unspecified atom stereocenters. The Labute approximate surface area is 152 Å². The number of fused-ring (bicyclic) bond motifs is 1. The Bertz CT molecular complexity index is 788. The number of rotatable bonds is 5. The lowest BCUT2D eigenvalue weighted by molar-refractivity contribution is 0.0925. The maximum Gasteiger partial charge on any atom is 0.749 e. The van der Waals surface area contributed by atoms with Gasteiger partial charge < -0.3 is 0 Å². The fourth-order valence-electron chi connectivity index (χ4n) is 2.10. The Kier molecular flexibility index (Phi) is 6.95. The minimum absolute atomic E-state index is 0.100. The zero-order chi connectivity index (χ0) is 19.1. The van der Waals surface area contributed by atoms with Gasteiger partial charge in [-0.1, -0.05) is 38.8 Å². The largest absolute Gasteiger partial charge is 0.749 e. The summed E-state index contributed by atoms with van der Waals surface area (Å²) < 4.78 is 20.8. The first-order valence-electron chi connectivity index (χ1n) is 8.16. The van der Waals surface area contributed by atoms with Gasteiger partial charge in [0.25, 0.3) is 11.8 Å². The van der Waals surface area contributed by atoms with E-state index in [9.17, 15) is 14.2 Å². The number of anilines is 1. The van der Waals surface area contributed by atoms with Crippen LogP contribution in [0.4, 0.5) is 5.82 Å². The highest BCUT2D eigenvalue weighted by molar-refractivity contribution is 7.33. The highest BCUT2D eigenvalue weighted by Crippen LogP contribution is 2.32. The van der Waals surface area contributed by atoms with Crippen molar-refractivity contribution in [2.24, 2.45) is 0 Å². The molecule has 3 rings (SSSR count). The average Bonchev–Trinajstić information content (AvgIpc) is 2.93. The van der Waals surface area contributed by atoms with Gasteiger partial charge >= 0.3 is 8.25 Å². The van der Waals surface area contributed by atoms with Crippen molar-refractivity contribution in [3.63, 3.8) is 0 Å². The van der Waals surface area contributed by atoms with E-state index in [1.54, 1.807) is 24.3 Å². The van der Waals surface area contributed by atoms with E-state index in [1.165, 1.54) is 38.3 Å². The van der Waals surface area contributed by atoms with Crippen LogP contribution in [0, 0.1) is 0 Å². The van der Waals surface area contributed by atoms with Gasteiger partial charge in [0.1, 0.15) is 5.82 Å². The summed E-state index contributed by atoms with van der Waals surface area (Å²) in [5.41, 5.74) is 0.646. The van der Waals surface area contributed by atoms with E-state index in [0.29, 0.717) is 11.1 Å². The Morgan fingerprint density at radius 3 is 2.12 bits per heavy atom. The standard InChI is InChI=1S/C14H10N2O5P.C4H10/c1-20-22(19)21-9-6-7-15-12(8-9)16-13(17)10-4-2-3-5-11(10)14(16)18;1-3-4-2/h2-8H,1H3;3-4H2,1-2H3/q+1;. The smallest absolute Gasteiger partial charge is 0.268 e. The summed E-state index contributed by atoms with van der Waals surface area (Å²) >= 11 is 0. The second-order valence-corrected chi connectivity index (χ2v) is 6.33. The number of carbonyl (C=O) groups excluding carboxylic acids is 2. The molecule has 0 fully saturated rings. The summed E-state index contributed by atoms with van der Waals surface area (Å²) in [6.45, 7) is 4.36. The van der Waals surface area contributed by atoms with Crippen molar-refractivity contribution in [2.45, 2.75) is 26.7 Å². The molecule has 0 bridgehead atoms. The lowest BCUT2D eigenvalue weighted by atomic mass is 10.1. The quantitative estimate of drug-likeness (QED) is 0.570. The monoisotopic (exact) mass is 375 g/mol. The van der Waals surface area contributed by atoms with Gasteiger partial charge in [-0.25, -0.2) is 14.4 Å². The van der Waals surface area contributed by atoms with Gasteiger partial charge in [-0.15, -0.1) is 4.52 Å². The maximum atomic E-state index is 12.3. The fraction of sp³-hybridized carbons (Fsp3) is 0.278. The van der Waals surface area contributed by atoms with E-state index >= 15 is 0 Å². The lowest BCUT2D eigenvalue weighted by Gasteiger charge is -2.12. The first kappa shape index (κ1) is 19.7. The van der Waals surface area contributed by atoms with Crippen LogP contribution in [-0.4, -0.2) is 23.9 Å². The SMILES string of the molecule is CCCC.CO[P+](=O)Oc1ccnc(N2C(=O)c3ccccc3C2=O)c1. The molecule has 1 aromatic carbocycles. The molecule has 1 aliphatic rings. The van der Waals surface area contributed by atoms with E-state index in [4.69, 9.17) is 4.52 Å². The number of aromatic nitrogens is 1. The molecule has 2 heterocycles. The minimum Gasteiger partial charge on any atom is -0.268 e. The van der Waals surface area contributed by atoms with Crippen molar-refractivity contribution < 1.29 is 23.2 Å². The molecule has 2 aromatic rings. The van der Waals surface area contributed by atoms with Crippen LogP contribution in [0.2, 0.25) is 0 Å². The number of hydrogen-bond acceptors (Lipinski definition) is 6. The maximum absolute atomic E-state index is 12.3. The number of nitrogens with zero attached hydrogens (tertiary/aromatic N) is 2. The lowest BCUT2D eigenvalue weighted by Crippen LogP contribution is -2.30. The molecular formula is C18H20N2O5P+. The first-order valence-corrected chi connectivity index (χ1v) is 9.26. The van der Waals surface area contributed by atoms with Gasteiger partial charge in [-0.05, 0) is 12.1 Å². The van der Waals surface area contributed by atoms with Gasteiger partial charge in [-0.3, -0.25) is 9.59 Å². The third-order valence-corrected chi connectivity index (χ3v) is 4.23. The second kappa shape index (κ2) is 9.17. The van der Waals surface area contributed by atoms with Gasteiger partial charge in [0, 0.05) is 22.9 Å². The number of imide groups is 1. The zero-order valence-corrected chi connectivity index (χ0v) is 15.7. The summed E-state index contributed by atoms with van der Waals surface area (Å²) in [6, 6.07) is 9.34. The predicted octanol–water partition coefficient (Wildman–Crippen LogP) is 4.37. The van der Waals surface area contributed by atoms with Crippen LogP contribution in [-0.2, 0) is 9.09 Å². The summed E-state index contributed by atoms with van der Waals surface area (Å²) in [5.74, 6) is -0.629. The summed E-state index contributed by atoms with van der Waals surface area (Å²) in [5, 5.41) is 0. The van der Waals surface area contributed by atoms with E-state index in [0.717, 1.165) is 4.90 Å². The molecule has 0 aliphatic carbocycles. The molecule has 1 aromatic heterocycles. The molecule has 0 saturated heterocycles. The van der Waals surface area contributed by atoms with Crippen LogP contribution in [0.25, 0.3) is 0 Å². The number of carbonyl (C=O) groups is 2.